The van der Waals surface area contributed by atoms with Gasteiger partial charge in [0.15, 0.2) is 11.5 Å². The standard InChI is InChI=1S/C19H18N4O2/c24-12-4-11-23-13-20-18(14-5-2-1-3-6-14)19(23)17-8-7-16(25-17)15-9-10-21-22-15/h1-3,5-10,13,24H,4,11-12H2,(H,21,22). The lowest BCUT2D eigenvalue weighted by atomic mass is 10.1. The van der Waals surface area contributed by atoms with Gasteiger partial charge in [0.1, 0.15) is 11.4 Å². The number of furan rings is 1. The van der Waals surface area contributed by atoms with Gasteiger partial charge in [0.2, 0.25) is 0 Å². The van der Waals surface area contributed by atoms with Crippen molar-refractivity contribution in [2.45, 2.75) is 13.0 Å². The zero-order chi connectivity index (χ0) is 17.1. The summed E-state index contributed by atoms with van der Waals surface area (Å²) in [5, 5.41) is 16.0. The van der Waals surface area contributed by atoms with Crippen LogP contribution in [0.2, 0.25) is 0 Å². The lowest BCUT2D eigenvalue weighted by molar-refractivity contribution is 0.280. The van der Waals surface area contributed by atoms with Crippen molar-refractivity contribution in [2.75, 3.05) is 6.61 Å². The van der Waals surface area contributed by atoms with Gasteiger partial charge in [0, 0.05) is 24.9 Å². The van der Waals surface area contributed by atoms with E-state index in [-0.39, 0.29) is 6.61 Å². The van der Waals surface area contributed by atoms with E-state index < -0.39 is 0 Å². The highest BCUT2D eigenvalue weighted by Crippen LogP contribution is 2.34. The topological polar surface area (TPSA) is 79.9 Å². The molecule has 0 saturated carbocycles. The zero-order valence-electron chi connectivity index (χ0n) is 13.6. The number of aliphatic hydroxyl groups excluding tert-OH is 1. The van der Waals surface area contributed by atoms with Crippen molar-refractivity contribution < 1.29 is 9.52 Å². The van der Waals surface area contributed by atoms with Crippen molar-refractivity contribution in [1.82, 2.24) is 19.7 Å². The summed E-state index contributed by atoms with van der Waals surface area (Å²) in [4.78, 5) is 4.59. The number of benzene rings is 1. The molecule has 3 aromatic heterocycles. The van der Waals surface area contributed by atoms with Gasteiger partial charge in [-0.2, -0.15) is 5.10 Å². The van der Waals surface area contributed by atoms with Crippen LogP contribution in [0.4, 0.5) is 0 Å². The molecule has 6 nitrogen and oxygen atoms in total. The van der Waals surface area contributed by atoms with Crippen molar-refractivity contribution in [3.05, 3.63) is 61.1 Å². The number of hydrogen-bond acceptors (Lipinski definition) is 4. The summed E-state index contributed by atoms with van der Waals surface area (Å²) < 4.78 is 8.08. The largest absolute Gasteiger partial charge is 0.453 e. The van der Waals surface area contributed by atoms with E-state index in [1.54, 1.807) is 12.5 Å². The molecule has 6 heteroatoms. The number of H-pyrrole nitrogens is 1. The van der Waals surface area contributed by atoms with E-state index in [2.05, 4.69) is 15.2 Å². The molecule has 0 unspecified atom stereocenters. The summed E-state index contributed by atoms with van der Waals surface area (Å²) in [7, 11) is 0. The van der Waals surface area contributed by atoms with Crippen LogP contribution >= 0.6 is 0 Å². The van der Waals surface area contributed by atoms with Gasteiger partial charge in [-0.25, -0.2) is 4.98 Å². The fourth-order valence-electron chi connectivity index (χ4n) is 2.86. The first-order chi connectivity index (χ1) is 12.4. The molecule has 4 rings (SSSR count). The first-order valence-corrected chi connectivity index (χ1v) is 8.18. The minimum absolute atomic E-state index is 0.135. The molecule has 0 aliphatic carbocycles. The minimum atomic E-state index is 0.135. The van der Waals surface area contributed by atoms with E-state index in [0.29, 0.717) is 13.0 Å². The highest BCUT2D eigenvalue weighted by Gasteiger charge is 2.18. The van der Waals surface area contributed by atoms with E-state index >= 15 is 0 Å². The van der Waals surface area contributed by atoms with E-state index in [1.807, 2.05) is 53.1 Å². The number of nitrogens with zero attached hydrogens (tertiary/aromatic N) is 3. The molecule has 0 saturated heterocycles. The van der Waals surface area contributed by atoms with Crippen LogP contribution < -0.4 is 0 Å². The van der Waals surface area contributed by atoms with Crippen LogP contribution in [0.3, 0.4) is 0 Å². The molecule has 0 aliphatic heterocycles. The molecule has 25 heavy (non-hydrogen) atoms. The van der Waals surface area contributed by atoms with Crippen molar-refractivity contribution in [3.63, 3.8) is 0 Å². The molecular formula is C19H18N4O2. The first-order valence-electron chi connectivity index (χ1n) is 8.18. The molecule has 4 aromatic rings. The Hall–Kier alpha value is -3.12. The van der Waals surface area contributed by atoms with Crippen molar-refractivity contribution >= 4 is 0 Å². The predicted octanol–water partition coefficient (Wildman–Crippen LogP) is 3.58. The quantitative estimate of drug-likeness (QED) is 0.565. The summed E-state index contributed by atoms with van der Waals surface area (Å²) in [6.45, 7) is 0.807. The maximum absolute atomic E-state index is 9.17. The number of hydrogen-bond donors (Lipinski definition) is 2. The summed E-state index contributed by atoms with van der Waals surface area (Å²) in [5.74, 6) is 1.46. The molecule has 0 bridgehead atoms. The van der Waals surface area contributed by atoms with E-state index in [1.165, 1.54) is 0 Å². The first kappa shape index (κ1) is 15.4. The fourth-order valence-corrected chi connectivity index (χ4v) is 2.86. The molecule has 0 atom stereocenters. The molecule has 126 valence electrons. The van der Waals surface area contributed by atoms with Gasteiger partial charge in [-0.3, -0.25) is 5.10 Å². The van der Waals surface area contributed by atoms with Crippen molar-refractivity contribution in [2.24, 2.45) is 0 Å². The van der Waals surface area contributed by atoms with Crippen LogP contribution in [0.1, 0.15) is 6.42 Å². The van der Waals surface area contributed by atoms with E-state index in [9.17, 15) is 5.11 Å². The SMILES string of the molecule is OCCCn1cnc(-c2ccccc2)c1-c1ccc(-c2ccn[nH]2)o1. The van der Waals surface area contributed by atoms with E-state index in [4.69, 9.17) is 4.42 Å². The van der Waals surface area contributed by atoms with E-state index in [0.717, 1.165) is 34.2 Å². The Morgan fingerprint density at radius 3 is 2.64 bits per heavy atom. The van der Waals surface area contributed by atoms with Gasteiger partial charge in [-0.1, -0.05) is 30.3 Å². The summed E-state index contributed by atoms with van der Waals surface area (Å²) in [6, 6.07) is 15.7. The monoisotopic (exact) mass is 334 g/mol. The Kier molecular flexibility index (Phi) is 4.18. The second kappa shape index (κ2) is 6.78. The lowest BCUT2D eigenvalue weighted by Gasteiger charge is -2.07. The van der Waals surface area contributed by atoms with Crippen molar-refractivity contribution in [3.8, 4) is 34.2 Å². The normalized spacial score (nSPS) is 11.1. The Bertz CT molecular complexity index is 939. The summed E-state index contributed by atoms with van der Waals surface area (Å²) in [5.41, 5.74) is 3.63. The Labute approximate surface area is 144 Å². The second-order valence-corrected chi connectivity index (χ2v) is 5.71. The molecular weight excluding hydrogens is 316 g/mol. The van der Waals surface area contributed by atoms with Gasteiger partial charge in [-0.15, -0.1) is 0 Å². The van der Waals surface area contributed by atoms with Crippen LogP contribution in [-0.2, 0) is 6.54 Å². The van der Waals surface area contributed by atoms with Crippen LogP contribution in [0.15, 0.2) is 65.5 Å². The summed E-state index contributed by atoms with van der Waals surface area (Å²) in [6.07, 6.45) is 4.15. The molecule has 0 spiro atoms. The minimum Gasteiger partial charge on any atom is -0.453 e. The number of nitrogens with one attached hydrogen (secondary N) is 1. The third-order valence-electron chi connectivity index (χ3n) is 4.05. The molecule has 0 aliphatic rings. The number of aromatic amines is 1. The molecule has 0 fully saturated rings. The van der Waals surface area contributed by atoms with Gasteiger partial charge in [0.25, 0.3) is 0 Å². The smallest absolute Gasteiger partial charge is 0.153 e. The van der Waals surface area contributed by atoms with Gasteiger partial charge < -0.3 is 14.1 Å². The molecule has 3 heterocycles. The number of aliphatic hydroxyl groups is 1. The van der Waals surface area contributed by atoms with Gasteiger partial charge in [-0.05, 0) is 24.6 Å². The lowest BCUT2D eigenvalue weighted by Crippen LogP contribution is -2.01. The van der Waals surface area contributed by atoms with Crippen molar-refractivity contribution in [1.29, 1.82) is 0 Å². The van der Waals surface area contributed by atoms with Crippen LogP contribution in [-0.4, -0.2) is 31.5 Å². The predicted molar refractivity (Wildman–Crippen MR) is 94.6 cm³/mol. The average molecular weight is 334 g/mol. The Balaban J connectivity index is 1.80. The number of rotatable bonds is 6. The van der Waals surface area contributed by atoms with Gasteiger partial charge >= 0.3 is 0 Å². The molecule has 0 amide bonds. The maximum atomic E-state index is 9.17. The third-order valence-corrected chi connectivity index (χ3v) is 4.05. The average Bonchev–Trinajstić information content (AvgIpc) is 3.39. The highest BCUT2D eigenvalue weighted by molar-refractivity contribution is 5.77. The maximum Gasteiger partial charge on any atom is 0.153 e. The molecule has 0 radical (unpaired) electrons. The Morgan fingerprint density at radius 1 is 1.04 bits per heavy atom. The fraction of sp³-hybridized carbons (Fsp3) is 0.158. The van der Waals surface area contributed by atoms with Crippen LogP contribution in [0.5, 0.6) is 0 Å². The van der Waals surface area contributed by atoms with Gasteiger partial charge in [0.05, 0.1) is 12.0 Å². The van der Waals surface area contributed by atoms with Crippen LogP contribution in [0, 0.1) is 0 Å². The van der Waals surface area contributed by atoms with Crippen LogP contribution in [0.25, 0.3) is 34.2 Å². The third kappa shape index (κ3) is 2.99. The summed E-state index contributed by atoms with van der Waals surface area (Å²) >= 11 is 0. The molecule has 1 aromatic carbocycles. The number of aryl methyl sites for hydroxylation is 1. The molecule has 2 N–H and O–H groups in total. The number of aromatic nitrogens is 4. The zero-order valence-corrected chi connectivity index (χ0v) is 13.6. The Morgan fingerprint density at radius 2 is 1.88 bits per heavy atom. The highest BCUT2D eigenvalue weighted by atomic mass is 16.3. The number of imidazole rings is 1. The second-order valence-electron chi connectivity index (χ2n) is 5.71.